The van der Waals surface area contributed by atoms with Crippen LogP contribution in [0.25, 0.3) is 0 Å². The molecule has 0 saturated heterocycles. The van der Waals surface area contributed by atoms with Crippen molar-refractivity contribution in [1.82, 2.24) is 5.32 Å². The molecule has 12 heavy (non-hydrogen) atoms. The van der Waals surface area contributed by atoms with Crippen LogP contribution >= 0.6 is 0 Å². The van der Waals surface area contributed by atoms with Gasteiger partial charge in [0.1, 0.15) is 5.83 Å². The molecule has 2 heteroatoms. The first-order chi connectivity index (χ1) is 5.79. The Balaban J connectivity index is 2.29. The Hall–Kier alpha value is -1.15. The van der Waals surface area contributed by atoms with Gasteiger partial charge in [0.05, 0.1) is 0 Å². The number of nitrogens with one attached hydrogen (secondary N) is 1. The van der Waals surface area contributed by atoms with Gasteiger partial charge < -0.3 is 5.32 Å². The number of halogens is 1. The zero-order chi connectivity index (χ0) is 8.81. The van der Waals surface area contributed by atoms with Crippen molar-refractivity contribution in [3.8, 4) is 0 Å². The Kier molecular flexibility index (Phi) is 3.48. The van der Waals surface area contributed by atoms with E-state index in [1.54, 1.807) is 0 Å². The number of hydrogen-bond acceptors (Lipinski definition) is 1. The standard InChI is InChI=1S/C10H12FN/c1-9(11)7-12-8-10-5-3-2-4-6-10/h2-6,12H,1,7-8H2. The van der Waals surface area contributed by atoms with Gasteiger partial charge in [0.25, 0.3) is 0 Å². The van der Waals surface area contributed by atoms with Gasteiger partial charge in [-0.3, -0.25) is 0 Å². The molecule has 0 amide bonds. The Labute approximate surface area is 71.9 Å². The lowest BCUT2D eigenvalue weighted by Gasteiger charge is -2.01. The zero-order valence-electron chi connectivity index (χ0n) is 6.89. The Morgan fingerprint density at radius 2 is 2.00 bits per heavy atom. The van der Waals surface area contributed by atoms with Gasteiger partial charge in [0, 0.05) is 13.1 Å². The van der Waals surface area contributed by atoms with Gasteiger partial charge in [0.2, 0.25) is 0 Å². The van der Waals surface area contributed by atoms with Gasteiger partial charge in [-0.25, -0.2) is 4.39 Å². The van der Waals surface area contributed by atoms with Crippen LogP contribution in [0, 0.1) is 0 Å². The molecule has 1 rings (SSSR count). The van der Waals surface area contributed by atoms with Gasteiger partial charge in [-0.05, 0) is 5.56 Å². The first kappa shape index (κ1) is 8.94. The molecule has 0 aliphatic carbocycles. The smallest absolute Gasteiger partial charge is 0.107 e. The zero-order valence-corrected chi connectivity index (χ0v) is 6.89. The van der Waals surface area contributed by atoms with E-state index in [1.807, 2.05) is 30.3 Å². The van der Waals surface area contributed by atoms with E-state index in [1.165, 1.54) is 0 Å². The van der Waals surface area contributed by atoms with Crippen molar-refractivity contribution in [3.05, 3.63) is 48.3 Å². The van der Waals surface area contributed by atoms with Crippen LogP contribution in [-0.4, -0.2) is 6.54 Å². The minimum absolute atomic E-state index is 0.231. The summed E-state index contributed by atoms with van der Waals surface area (Å²) < 4.78 is 12.1. The molecule has 1 aromatic rings. The van der Waals surface area contributed by atoms with Crippen LogP contribution in [0.5, 0.6) is 0 Å². The van der Waals surface area contributed by atoms with Gasteiger partial charge in [-0.15, -0.1) is 0 Å². The maximum absolute atomic E-state index is 12.1. The lowest BCUT2D eigenvalue weighted by molar-refractivity contribution is 0.573. The summed E-state index contributed by atoms with van der Waals surface area (Å²) in [5.41, 5.74) is 1.15. The highest BCUT2D eigenvalue weighted by molar-refractivity contribution is 5.14. The van der Waals surface area contributed by atoms with Gasteiger partial charge >= 0.3 is 0 Å². The summed E-state index contributed by atoms with van der Waals surface area (Å²) in [4.78, 5) is 0. The molecule has 0 unspecified atom stereocenters. The second-order valence-electron chi connectivity index (χ2n) is 2.61. The molecule has 0 saturated carbocycles. The van der Waals surface area contributed by atoms with Crippen molar-refractivity contribution in [3.63, 3.8) is 0 Å². The largest absolute Gasteiger partial charge is 0.306 e. The van der Waals surface area contributed by atoms with E-state index in [9.17, 15) is 4.39 Å². The predicted molar refractivity (Wildman–Crippen MR) is 48.4 cm³/mol. The molecule has 0 spiro atoms. The second kappa shape index (κ2) is 4.67. The third kappa shape index (κ3) is 3.30. The molecule has 0 radical (unpaired) electrons. The molecule has 0 aliphatic rings. The normalized spacial score (nSPS) is 9.75. The molecule has 0 atom stereocenters. The van der Waals surface area contributed by atoms with Crippen LogP contribution in [0.1, 0.15) is 5.56 Å². The minimum Gasteiger partial charge on any atom is -0.306 e. The van der Waals surface area contributed by atoms with Crippen LogP contribution in [0.15, 0.2) is 42.7 Å². The van der Waals surface area contributed by atoms with E-state index in [4.69, 9.17) is 0 Å². The quantitative estimate of drug-likeness (QED) is 0.721. The second-order valence-corrected chi connectivity index (χ2v) is 2.61. The van der Waals surface area contributed by atoms with Gasteiger partial charge in [-0.2, -0.15) is 0 Å². The molecule has 0 heterocycles. The van der Waals surface area contributed by atoms with Crippen LogP contribution < -0.4 is 5.32 Å². The van der Waals surface area contributed by atoms with Crippen molar-refractivity contribution in [2.45, 2.75) is 6.54 Å². The van der Waals surface area contributed by atoms with Crippen molar-refractivity contribution < 1.29 is 4.39 Å². The Bertz CT molecular complexity index is 243. The third-order valence-electron chi connectivity index (χ3n) is 1.49. The van der Waals surface area contributed by atoms with Crippen LogP contribution in [0.4, 0.5) is 4.39 Å². The molecular formula is C10H12FN. The molecule has 0 fully saturated rings. The average molecular weight is 165 g/mol. The average Bonchev–Trinajstić information content (AvgIpc) is 2.05. The van der Waals surface area contributed by atoms with Crippen LogP contribution in [0.3, 0.4) is 0 Å². The van der Waals surface area contributed by atoms with Gasteiger partial charge in [-0.1, -0.05) is 36.9 Å². The monoisotopic (exact) mass is 165 g/mol. The molecule has 1 nitrogen and oxygen atoms in total. The van der Waals surface area contributed by atoms with E-state index >= 15 is 0 Å². The summed E-state index contributed by atoms with van der Waals surface area (Å²) in [5, 5.41) is 2.93. The summed E-state index contributed by atoms with van der Waals surface area (Å²) in [6.45, 7) is 4.07. The summed E-state index contributed by atoms with van der Waals surface area (Å²) in [6.07, 6.45) is 0. The summed E-state index contributed by atoms with van der Waals surface area (Å²) in [6, 6.07) is 9.86. The third-order valence-corrected chi connectivity index (χ3v) is 1.49. The predicted octanol–water partition coefficient (Wildman–Crippen LogP) is 2.26. The van der Waals surface area contributed by atoms with Crippen LogP contribution in [0.2, 0.25) is 0 Å². The molecule has 0 bridgehead atoms. The van der Waals surface area contributed by atoms with E-state index in [2.05, 4.69) is 11.9 Å². The summed E-state index contributed by atoms with van der Waals surface area (Å²) >= 11 is 0. The SMILES string of the molecule is C=C(F)CNCc1ccccc1. The fourth-order valence-corrected chi connectivity index (χ4v) is 0.938. The highest BCUT2D eigenvalue weighted by atomic mass is 19.1. The maximum Gasteiger partial charge on any atom is 0.107 e. The van der Waals surface area contributed by atoms with Gasteiger partial charge in [0.15, 0.2) is 0 Å². The first-order valence-electron chi connectivity index (χ1n) is 3.87. The molecule has 0 aromatic heterocycles. The fourth-order valence-electron chi connectivity index (χ4n) is 0.938. The van der Waals surface area contributed by atoms with E-state index < -0.39 is 0 Å². The van der Waals surface area contributed by atoms with Crippen molar-refractivity contribution in [2.24, 2.45) is 0 Å². The Morgan fingerprint density at radius 3 is 2.58 bits per heavy atom. The molecule has 1 N–H and O–H groups in total. The Morgan fingerprint density at radius 1 is 1.33 bits per heavy atom. The molecule has 1 aromatic carbocycles. The number of benzene rings is 1. The minimum atomic E-state index is -0.328. The first-order valence-corrected chi connectivity index (χ1v) is 3.87. The topological polar surface area (TPSA) is 12.0 Å². The summed E-state index contributed by atoms with van der Waals surface area (Å²) in [7, 11) is 0. The van der Waals surface area contributed by atoms with E-state index in [0.717, 1.165) is 5.56 Å². The lowest BCUT2D eigenvalue weighted by Crippen LogP contribution is -2.14. The van der Waals surface area contributed by atoms with Crippen LogP contribution in [-0.2, 0) is 6.54 Å². The molecule has 0 aliphatic heterocycles. The van der Waals surface area contributed by atoms with E-state index in [-0.39, 0.29) is 12.4 Å². The van der Waals surface area contributed by atoms with Crippen molar-refractivity contribution in [1.29, 1.82) is 0 Å². The highest BCUT2D eigenvalue weighted by Crippen LogP contribution is 1.97. The number of hydrogen-bond donors (Lipinski definition) is 1. The van der Waals surface area contributed by atoms with Crippen molar-refractivity contribution >= 4 is 0 Å². The maximum atomic E-state index is 12.1. The molecular weight excluding hydrogens is 153 g/mol. The van der Waals surface area contributed by atoms with E-state index in [0.29, 0.717) is 6.54 Å². The fraction of sp³-hybridized carbons (Fsp3) is 0.200. The van der Waals surface area contributed by atoms with Crippen molar-refractivity contribution in [2.75, 3.05) is 6.54 Å². The molecule has 64 valence electrons. The highest BCUT2D eigenvalue weighted by Gasteiger charge is 1.91. The number of rotatable bonds is 4. The lowest BCUT2D eigenvalue weighted by atomic mass is 10.2. The summed E-state index contributed by atoms with van der Waals surface area (Å²) in [5.74, 6) is -0.328.